The number of rotatable bonds is 0. The van der Waals surface area contributed by atoms with Crippen molar-refractivity contribution < 1.29 is 0 Å². The van der Waals surface area contributed by atoms with Gasteiger partial charge in [0.1, 0.15) is 16.8 Å². The van der Waals surface area contributed by atoms with Gasteiger partial charge in [-0.25, -0.2) is 0 Å². The summed E-state index contributed by atoms with van der Waals surface area (Å²) >= 11 is 1.04. The fraction of sp³-hybridized carbons (Fsp3) is 0. The average molecular weight is 140 g/mol. The summed E-state index contributed by atoms with van der Waals surface area (Å²) in [7, 11) is 0. The molecule has 0 aromatic carbocycles. The molecule has 0 aliphatic carbocycles. The fourth-order valence-electron chi connectivity index (χ4n) is 0.391. The second-order valence-corrected chi connectivity index (χ2v) is 2.23. The van der Waals surface area contributed by atoms with E-state index in [1.807, 2.05) is 6.07 Å². The zero-order chi connectivity index (χ0) is 6.85. The van der Waals surface area contributed by atoms with Crippen LogP contribution in [0.4, 0.5) is 10.7 Å². The molecule has 4 nitrogen and oxygen atoms in total. The number of nitrogens with zero attached hydrogens (tertiary/aromatic N) is 2. The first-order valence-corrected chi connectivity index (χ1v) is 2.93. The summed E-state index contributed by atoms with van der Waals surface area (Å²) in [6.45, 7) is 0. The first-order valence-electron chi connectivity index (χ1n) is 2.16. The lowest BCUT2D eigenvalue weighted by molar-refractivity contribution is 1.42. The van der Waals surface area contributed by atoms with Gasteiger partial charge in [-0.1, -0.05) is 0 Å². The standard InChI is InChI=1S/C4H4N4S/c5-1-2-3(6)4(7)9-8-2/h6-7H2. The number of nitrogen functional groups attached to an aromatic ring is 2. The third kappa shape index (κ3) is 0.795. The molecule has 0 fully saturated rings. The van der Waals surface area contributed by atoms with Crippen LogP contribution in [0.15, 0.2) is 0 Å². The number of nitrogens with two attached hydrogens (primary N) is 2. The minimum Gasteiger partial charge on any atom is -0.394 e. The molecule has 1 rings (SSSR count). The molecular weight excluding hydrogens is 136 g/mol. The van der Waals surface area contributed by atoms with E-state index >= 15 is 0 Å². The third-order valence-corrected chi connectivity index (χ3v) is 1.55. The lowest BCUT2D eigenvalue weighted by atomic mass is 10.4. The van der Waals surface area contributed by atoms with Gasteiger partial charge in [0.15, 0.2) is 5.69 Å². The van der Waals surface area contributed by atoms with Crippen molar-refractivity contribution in [3.63, 3.8) is 0 Å². The van der Waals surface area contributed by atoms with Crippen LogP contribution in [-0.2, 0) is 0 Å². The minimum absolute atomic E-state index is 0.220. The van der Waals surface area contributed by atoms with E-state index in [1.54, 1.807) is 0 Å². The molecular formula is C4H4N4S. The van der Waals surface area contributed by atoms with E-state index in [4.69, 9.17) is 16.7 Å². The predicted molar refractivity (Wildman–Crippen MR) is 35.7 cm³/mol. The van der Waals surface area contributed by atoms with Crippen LogP contribution in [0.2, 0.25) is 0 Å². The topological polar surface area (TPSA) is 88.7 Å². The molecule has 0 unspecified atom stereocenters. The van der Waals surface area contributed by atoms with Gasteiger partial charge in [0.2, 0.25) is 0 Å². The van der Waals surface area contributed by atoms with E-state index in [0.29, 0.717) is 10.7 Å². The predicted octanol–water partition coefficient (Wildman–Crippen LogP) is 0.179. The highest BCUT2D eigenvalue weighted by Crippen LogP contribution is 2.22. The van der Waals surface area contributed by atoms with Crippen LogP contribution in [0.25, 0.3) is 0 Å². The Morgan fingerprint density at radius 3 is 2.44 bits per heavy atom. The second-order valence-electron chi connectivity index (χ2n) is 1.42. The molecule has 1 aromatic heterocycles. The monoisotopic (exact) mass is 140 g/mol. The first kappa shape index (κ1) is 5.85. The molecule has 0 aliphatic heterocycles. The van der Waals surface area contributed by atoms with Gasteiger partial charge >= 0.3 is 0 Å². The van der Waals surface area contributed by atoms with Gasteiger partial charge in [0.05, 0.1) is 0 Å². The fourth-order valence-corrected chi connectivity index (χ4v) is 0.914. The molecule has 0 atom stereocenters. The highest BCUT2D eigenvalue weighted by atomic mass is 32.1. The molecule has 0 bridgehead atoms. The Morgan fingerprint density at radius 2 is 2.22 bits per heavy atom. The molecule has 5 heteroatoms. The number of nitriles is 1. The van der Waals surface area contributed by atoms with E-state index in [9.17, 15) is 0 Å². The molecule has 0 saturated heterocycles. The summed E-state index contributed by atoms with van der Waals surface area (Å²) in [5, 5.41) is 8.70. The van der Waals surface area contributed by atoms with Gasteiger partial charge in [-0.15, -0.1) is 0 Å². The van der Waals surface area contributed by atoms with E-state index in [-0.39, 0.29) is 5.69 Å². The van der Waals surface area contributed by atoms with Crippen molar-refractivity contribution in [3.8, 4) is 6.07 Å². The van der Waals surface area contributed by atoms with Crippen molar-refractivity contribution in [2.24, 2.45) is 0 Å². The van der Waals surface area contributed by atoms with Gasteiger partial charge < -0.3 is 11.5 Å². The van der Waals surface area contributed by atoms with Gasteiger partial charge in [-0.2, -0.15) is 9.64 Å². The molecule has 0 saturated carbocycles. The molecule has 4 N–H and O–H groups in total. The Morgan fingerprint density at radius 1 is 1.56 bits per heavy atom. The average Bonchev–Trinajstić information content (AvgIpc) is 2.15. The SMILES string of the molecule is N#Cc1nsc(N)c1N. The van der Waals surface area contributed by atoms with E-state index in [0.717, 1.165) is 11.5 Å². The molecule has 0 spiro atoms. The maximum atomic E-state index is 8.29. The zero-order valence-corrected chi connectivity index (χ0v) is 5.27. The van der Waals surface area contributed by atoms with Gasteiger partial charge in [-0.05, 0) is 11.5 Å². The lowest BCUT2D eigenvalue weighted by Crippen LogP contribution is -1.90. The Hall–Kier alpha value is -1.28. The van der Waals surface area contributed by atoms with Crippen molar-refractivity contribution in [1.82, 2.24) is 4.37 Å². The molecule has 9 heavy (non-hydrogen) atoms. The first-order chi connectivity index (χ1) is 4.25. The maximum absolute atomic E-state index is 8.29. The smallest absolute Gasteiger partial charge is 0.179 e. The van der Waals surface area contributed by atoms with Gasteiger partial charge in [-0.3, -0.25) is 0 Å². The Labute approximate surface area is 55.9 Å². The summed E-state index contributed by atoms with van der Waals surface area (Å²) < 4.78 is 3.66. The van der Waals surface area contributed by atoms with Crippen LogP contribution in [0, 0.1) is 11.3 Å². The third-order valence-electron chi connectivity index (χ3n) is 0.862. The normalized spacial score (nSPS) is 8.78. The molecule has 0 aliphatic rings. The van der Waals surface area contributed by atoms with Crippen molar-refractivity contribution in [2.45, 2.75) is 0 Å². The van der Waals surface area contributed by atoms with Crippen LogP contribution in [0.1, 0.15) is 5.69 Å². The van der Waals surface area contributed by atoms with Crippen LogP contribution in [0.5, 0.6) is 0 Å². The molecule has 1 heterocycles. The summed E-state index contributed by atoms with van der Waals surface area (Å²) in [4.78, 5) is 0. The molecule has 46 valence electrons. The number of anilines is 2. The van der Waals surface area contributed by atoms with Crippen LogP contribution < -0.4 is 11.5 Å². The van der Waals surface area contributed by atoms with Crippen LogP contribution in [-0.4, -0.2) is 4.37 Å². The number of aromatic nitrogens is 1. The second kappa shape index (κ2) is 1.91. The van der Waals surface area contributed by atoms with Crippen LogP contribution in [0.3, 0.4) is 0 Å². The summed E-state index contributed by atoms with van der Waals surface area (Å²) in [6.07, 6.45) is 0. The van der Waals surface area contributed by atoms with Gasteiger partial charge in [0.25, 0.3) is 0 Å². The van der Waals surface area contributed by atoms with Gasteiger partial charge in [0, 0.05) is 0 Å². The molecule has 1 aromatic rings. The summed E-state index contributed by atoms with van der Waals surface area (Å²) in [5.74, 6) is 0. The highest BCUT2D eigenvalue weighted by Gasteiger charge is 2.04. The Kier molecular flexibility index (Phi) is 1.24. The van der Waals surface area contributed by atoms with Crippen LogP contribution >= 0.6 is 11.5 Å². The Bertz CT molecular complexity index is 258. The summed E-state index contributed by atoms with van der Waals surface area (Å²) in [6, 6.07) is 1.81. The molecule has 0 radical (unpaired) electrons. The van der Waals surface area contributed by atoms with E-state index in [2.05, 4.69) is 4.37 Å². The molecule has 0 amide bonds. The Balaban J connectivity index is 3.24. The number of hydrogen-bond donors (Lipinski definition) is 2. The zero-order valence-electron chi connectivity index (χ0n) is 4.46. The van der Waals surface area contributed by atoms with E-state index in [1.165, 1.54) is 0 Å². The van der Waals surface area contributed by atoms with Crippen molar-refractivity contribution in [1.29, 1.82) is 5.26 Å². The van der Waals surface area contributed by atoms with Crippen molar-refractivity contribution in [2.75, 3.05) is 11.5 Å². The number of hydrogen-bond acceptors (Lipinski definition) is 5. The lowest BCUT2D eigenvalue weighted by Gasteiger charge is -1.83. The van der Waals surface area contributed by atoms with E-state index < -0.39 is 0 Å². The minimum atomic E-state index is 0.220. The summed E-state index contributed by atoms with van der Waals surface area (Å²) in [5.41, 5.74) is 11.1. The highest BCUT2D eigenvalue weighted by molar-refractivity contribution is 7.10. The largest absolute Gasteiger partial charge is 0.394 e. The van der Waals surface area contributed by atoms with Crippen molar-refractivity contribution in [3.05, 3.63) is 5.69 Å². The quantitative estimate of drug-likeness (QED) is 0.538. The van der Waals surface area contributed by atoms with Crippen molar-refractivity contribution >= 4 is 22.2 Å². The maximum Gasteiger partial charge on any atom is 0.179 e.